The second-order valence-corrected chi connectivity index (χ2v) is 2.51. The van der Waals surface area contributed by atoms with Crippen LogP contribution in [0.3, 0.4) is 0 Å². The third-order valence-corrected chi connectivity index (χ3v) is 1.31. The molecule has 0 aliphatic carbocycles. The van der Waals surface area contributed by atoms with Crippen LogP contribution in [-0.2, 0) is 19.0 Å². The molecule has 0 aliphatic rings. The van der Waals surface area contributed by atoms with Crippen molar-refractivity contribution in [2.75, 3.05) is 33.0 Å². The first kappa shape index (κ1) is 13.3. The zero-order valence-electron chi connectivity index (χ0n) is 8.33. The standard InChI is InChI=1S/C9H16FO4/c1-3-12-4-5-13-6-7-14-9(11)8(2)10/h8H,1,3-7H2,2H3. The summed E-state index contributed by atoms with van der Waals surface area (Å²) in [5, 5.41) is 0. The van der Waals surface area contributed by atoms with Crippen LogP contribution in [0.4, 0.5) is 4.39 Å². The van der Waals surface area contributed by atoms with Gasteiger partial charge >= 0.3 is 5.97 Å². The van der Waals surface area contributed by atoms with Crippen LogP contribution in [-0.4, -0.2) is 45.2 Å². The molecule has 0 fully saturated rings. The lowest BCUT2D eigenvalue weighted by Gasteiger charge is -2.06. The number of rotatable bonds is 8. The van der Waals surface area contributed by atoms with Crippen molar-refractivity contribution in [3.63, 3.8) is 0 Å². The number of hydrogen-bond acceptors (Lipinski definition) is 4. The Hall–Kier alpha value is -0.680. The average Bonchev–Trinajstić information content (AvgIpc) is 2.16. The van der Waals surface area contributed by atoms with E-state index in [0.717, 1.165) is 6.92 Å². The third kappa shape index (κ3) is 7.94. The molecule has 14 heavy (non-hydrogen) atoms. The number of carbonyl (C=O) groups is 1. The van der Waals surface area contributed by atoms with E-state index < -0.39 is 12.1 Å². The minimum absolute atomic E-state index is 0.0669. The van der Waals surface area contributed by atoms with Crippen molar-refractivity contribution in [3.8, 4) is 0 Å². The van der Waals surface area contributed by atoms with Gasteiger partial charge in [0.25, 0.3) is 0 Å². The quantitative estimate of drug-likeness (QED) is 0.435. The van der Waals surface area contributed by atoms with E-state index in [2.05, 4.69) is 11.7 Å². The Morgan fingerprint density at radius 1 is 1.29 bits per heavy atom. The van der Waals surface area contributed by atoms with Gasteiger partial charge in [-0.3, -0.25) is 0 Å². The number of alkyl halides is 1. The van der Waals surface area contributed by atoms with Gasteiger partial charge in [-0.15, -0.1) is 0 Å². The fourth-order valence-electron chi connectivity index (χ4n) is 0.638. The molecule has 0 rings (SSSR count). The van der Waals surface area contributed by atoms with E-state index in [1.807, 2.05) is 0 Å². The highest BCUT2D eigenvalue weighted by Crippen LogP contribution is 1.92. The molecule has 0 bridgehead atoms. The second-order valence-electron chi connectivity index (χ2n) is 2.51. The lowest BCUT2D eigenvalue weighted by Crippen LogP contribution is -2.18. The minimum atomic E-state index is -1.58. The van der Waals surface area contributed by atoms with Crippen LogP contribution in [0, 0.1) is 6.92 Å². The molecule has 0 saturated heterocycles. The fraction of sp³-hybridized carbons (Fsp3) is 0.778. The van der Waals surface area contributed by atoms with Gasteiger partial charge in [-0.2, -0.15) is 0 Å². The maximum Gasteiger partial charge on any atom is 0.340 e. The van der Waals surface area contributed by atoms with Gasteiger partial charge in [0.2, 0.25) is 0 Å². The van der Waals surface area contributed by atoms with Crippen molar-refractivity contribution in [3.05, 3.63) is 6.92 Å². The Morgan fingerprint density at radius 3 is 2.43 bits per heavy atom. The molecule has 83 valence electrons. The van der Waals surface area contributed by atoms with Gasteiger partial charge in [0, 0.05) is 6.61 Å². The Bertz CT molecular complexity index is 150. The van der Waals surface area contributed by atoms with Gasteiger partial charge in [-0.25, -0.2) is 9.18 Å². The Balaban J connectivity index is 3.10. The van der Waals surface area contributed by atoms with Crippen LogP contribution in [0.1, 0.15) is 6.92 Å². The summed E-state index contributed by atoms with van der Waals surface area (Å²) >= 11 is 0. The number of ether oxygens (including phenoxy) is 3. The Morgan fingerprint density at radius 2 is 1.86 bits per heavy atom. The van der Waals surface area contributed by atoms with Crippen molar-refractivity contribution < 1.29 is 23.4 Å². The van der Waals surface area contributed by atoms with Crippen LogP contribution in [0.25, 0.3) is 0 Å². The van der Waals surface area contributed by atoms with E-state index in [1.165, 1.54) is 0 Å². The van der Waals surface area contributed by atoms with E-state index in [1.54, 1.807) is 0 Å². The summed E-state index contributed by atoms with van der Waals surface area (Å²) in [6.07, 6.45) is -1.58. The lowest BCUT2D eigenvalue weighted by molar-refractivity contribution is -0.150. The molecule has 0 amide bonds. The molecule has 4 nitrogen and oxygen atoms in total. The van der Waals surface area contributed by atoms with Crippen LogP contribution < -0.4 is 0 Å². The highest BCUT2D eigenvalue weighted by Gasteiger charge is 2.11. The molecular formula is C9H16FO4. The molecule has 5 heteroatoms. The first-order valence-electron chi connectivity index (χ1n) is 4.44. The highest BCUT2D eigenvalue weighted by molar-refractivity contribution is 5.73. The van der Waals surface area contributed by atoms with Gasteiger partial charge < -0.3 is 14.2 Å². The normalized spacial score (nSPS) is 12.5. The average molecular weight is 207 g/mol. The topological polar surface area (TPSA) is 44.8 Å². The van der Waals surface area contributed by atoms with Crippen LogP contribution in [0.2, 0.25) is 0 Å². The molecule has 1 unspecified atom stereocenters. The van der Waals surface area contributed by atoms with Crippen LogP contribution in [0.5, 0.6) is 0 Å². The van der Waals surface area contributed by atoms with Crippen LogP contribution >= 0.6 is 0 Å². The monoisotopic (exact) mass is 207 g/mol. The highest BCUT2D eigenvalue weighted by atomic mass is 19.1. The number of carbonyl (C=O) groups excluding carboxylic acids is 1. The summed E-state index contributed by atoms with van der Waals surface area (Å²) in [4.78, 5) is 10.6. The number of halogens is 1. The number of esters is 1. The largest absolute Gasteiger partial charge is 0.461 e. The lowest BCUT2D eigenvalue weighted by atomic mass is 10.4. The predicted molar refractivity (Wildman–Crippen MR) is 48.5 cm³/mol. The molecular weight excluding hydrogens is 191 g/mol. The molecule has 0 aliphatic heterocycles. The molecule has 1 radical (unpaired) electrons. The van der Waals surface area contributed by atoms with Crippen molar-refractivity contribution in [1.82, 2.24) is 0 Å². The minimum Gasteiger partial charge on any atom is -0.461 e. The van der Waals surface area contributed by atoms with E-state index in [9.17, 15) is 9.18 Å². The molecule has 0 spiro atoms. The molecule has 0 aromatic carbocycles. The van der Waals surface area contributed by atoms with E-state index in [0.29, 0.717) is 19.8 Å². The SMILES string of the molecule is [CH2]COCCOCCOC(=O)C(C)F. The van der Waals surface area contributed by atoms with Crippen molar-refractivity contribution >= 4 is 5.97 Å². The van der Waals surface area contributed by atoms with Crippen LogP contribution in [0.15, 0.2) is 0 Å². The van der Waals surface area contributed by atoms with Gasteiger partial charge in [-0.1, -0.05) is 0 Å². The van der Waals surface area contributed by atoms with Gasteiger partial charge in [0.05, 0.1) is 19.8 Å². The van der Waals surface area contributed by atoms with Crippen molar-refractivity contribution in [2.45, 2.75) is 13.1 Å². The summed E-state index contributed by atoms with van der Waals surface area (Å²) in [5.41, 5.74) is 0. The summed E-state index contributed by atoms with van der Waals surface area (Å²) in [6.45, 7) is 6.19. The summed E-state index contributed by atoms with van der Waals surface area (Å²) < 4.78 is 26.7. The zero-order valence-corrected chi connectivity index (χ0v) is 8.33. The molecule has 0 aromatic heterocycles. The molecule has 1 atom stereocenters. The molecule has 0 N–H and O–H groups in total. The fourth-order valence-corrected chi connectivity index (χ4v) is 0.638. The van der Waals surface area contributed by atoms with Crippen molar-refractivity contribution in [1.29, 1.82) is 0 Å². The first-order chi connectivity index (χ1) is 6.68. The second kappa shape index (κ2) is 8.90. The van der Waals surface area contributed by atoms with Gasteiger partial charge in [0.1, 0.15) is 6.61 Å². The van der Waals surface area contributed by atoms with Gasteiger partial charge in [-0.05, 0) is 13.8 Å². The van der Waals surface area contributed by atoms with E-state index >= 15 is 0 Å². The number of hydrogen-bond donors (Lipinski definition) is 0. The zero-order chi connectivity index (χ0) is 10.8. The Labute approximate surface area is 83.3 Å². The van der Waals surface area contributed by atoms with Gasteiger partial charge in [0.15, 0.2) is 6.17 Å². The molecule has 0 saturated carbocycles. The molecule has 0 aromatic rings. The first-order valence-corrected chi connectivity index (χ1v) is 4.44. The van der Waals surface area contributed by atoms with E-state index in [4.69, 9.17) is 9.47 Å². The molecule has 0 heterocycles. The maximum absolute atomic E-state index is 12.2. The predicted octanol–water partition coefficient (Wildman–Crippen LogP) is 0.755. The smallest absolute Gasteiger partial charge is 0.340 e. The third-order valence-electron chi connectivity index (χ3n) is 1.31. The summed E-state index contributed by atoms with van der Waals surface area (Å²) in [5.74, 6) is -0.859. The maximum atomic E-state index is 12.2. The summed E-state index contributed by atoms with van der Waals surface area (Å²) in [7, 11) is 0. The van der Waals surface area contributed by atoms with Crippen molar-refractivity contribution in [2.24, 2.45) is 0 Å². The Kier molecular flexibility index (Phi) is 8.47. The summed E-state index contributed by atoms with van der Waals surface area (Å²) in [6, 6.07) is 0. The van der Waals surface area contributed by atoms with E-state index in [-0.39, 0.29) is 13.2 Å².